The minimum atomic E-state index is -0.713. The summed E-state index contributed by atoms with van der Waals surface area (Å²) in [5.41, 5.74) is 1.57. The highest BCUT2D eigenvalue weighted by molar-refractivity contribution is 5.44. The Hall–Kier alpha value is -2.07. The first-order valence-electron chi connectivity index (χ1n) is 7.07. The van der Waals surface area contributed by atoms with Crippen molar-refractivity contribution in [3.63, 3.8) is 0 Å². The van der Waals surface area contributed by atoms with Crippen molar-refractivity contribution in [3.8, 4) is 5.75 Å². The van der Waals surface area contributed by atoms with Crippen molar-refractivity contribution in [1.82, 2.24) is 0 Å². The second-order valence-corrected chi connectivity index (χ2v) is 4.83. The molecule has 3 nitrogen and oxygen atoms in total. The van der Waals surface area contributed by atoms with Crippen molar-refractivity contribution in [3.05, 3.63) is 59.9 Å². The van der Waals surface area contributed by atoms with E-state index < -0.39 is 6.10 Å². The molecule has 2 N–H and O–H groups in total. The van der Waals surface area contributed by atoms with Gasteiger partial charge in [0, 0.05) is 6.54 Å². The third-order valence-electron chi connectivity index (χ3n) is 3.15. The Bertz CT molecular complexity index is 574. The number of aliphatic hydroxyl groups excluding tert-OH is 1. The maximum atomic E-state index is 13.4. The van der Waals surface area contributed by atoms with Gasteiger partial charge < -0.3 is 15.2 Å². The zero-order valence-corrected chi connectivity index (χ0v) is 12.1. The van der Waals surface area contributed by atoms with Crippen LogP contribution in [0.2, 0.25) is 0 Å². The van der Waals surface area contributed by atoms with E-state index in [4.69, 9.17) is 4.74 Å². The molecule has 0 saturated carbocycles. The van der Waals surface area contributed by atoms with E-state index in [1.807, 2.05) is 24.3 Å². The summed E-state index contributed by atoms with van der Waals surface area (Å²) >= 11 is 0. The zero-order valence-electron chi connectivity index (χ0n) is 12.1. The van der Waals surface area contributed by atoms with Crippen LogP contribution >= 0.6 is 0 Å². The highest BCUT2D eigenvalue weighted by Gasteiger charge is 2.07. The molecule has 0 radical (unpaired) electrons. The first kappa shape index (κ1) is 15.3. The van der Waals surface area contributed by atoms with Gasteiger partial charge in [0.15, 0.2) is 0 Å². The first-order chi connectivity index (χ1) is 10.2. The molecule has 4 heteroatoms. The summed E-state index contributed by atoms with van der Waals surface area (Å²) in [5, 5.41) is 12.7. The molecule has 0 saturated heterocycles. The fraction of sp³-hybridized carbons (Fsp3) is 0.294. The van der Waals surface area contributed by atoms with Crippen LogP contribution in [0.4, 0.5) is 10.1 Å². The number of aryl methyl sites for hydroxylation is 1. The van der Waals surface area contributed by atoms with Crippen molar-refractivity contribution in [2.24, 2.45) is 0 Å². The van der Waals surface area contributed by atoms with Crippen LogP contribution in [-0.2, 0) is 6.42 Å². The number of aliphatic hydroxyl groups is 1. The number of benzene rings is 2. The molecule has 0 fully saturated rings. The lowest BCUT2D eigenvalue weighted by Gasteiger charge is -2.14. The summed E-state index contributed by atoms with van der Waals surface area (Å²) in [6, 6.07) is 14.1. The Labute approximate surface area is 124 Å². The topological polar surface area (TPSA) is 41.5 Å². The molecule has 0 heterocycles. The number of anilines is 1. The van der Waals surface area contributed by atoms with E-state index in [9.17, 15) is 9.50 Å². The number of nitrogens with one attached hydrogen (secondary N) is 1. The van der Waals surface area contributed by atoms with Crippen molar-refractivity contribution < 1.29 is 14.2 Å². The average Bonchev–Trinajstić information content (AvgIpc) is 2.52. The molecule has 112 valence electrons. The molecule has 0 bridgehead atoms. The molecule has 2 rings (SSSR count). The molecule has 2 aromatic carbocycles. The van der Waals surface area contributed by atoms with Gasteiger partial charge in [-0.05, 0) is 36.2 Å². The highest BCUT2D eigenvalue weighted by atomic mass is 19.1. The Kier molecular flexibility index (Phi) is 5.58. The predicted molar refractivity (Wildman–Crippen MR) is 82.2 cm³/mol. The van der Waals surface area contributed by atoms with Gasteiger partial charge >= 0.3 is 0 Å². The molecule has 1 unspecified atom stereocenters. The zero-order chi connectivity index (χ0) is 15.1. The highest BCUT2D eigenvalue weighted by Crippen LogP contribution is 2.15. The van der Waals surface area contributed by atoms with E-state index in [1.54, 1.807) is 18.2 Å². The van der Waals surface area contributed by atoms with E-state index in [0.717, 1.165) is 12.2 Å². The number of ether oxygens (including phenoxy) is 1. The van der Waals surface area contributed by atoms with Gasteiger partial charge in [-0.25, -0.2) is 4.39 Å². The molecule has 0 aliphatic rings. The van der Waals surface area contributed by atoms with Gasteiger partial charge in [0.25, 0.3) is 0 Å². The van der Waals surface area contributed by atoms with Gasteiger partial charge in [-0.1, -0.05) is 31.2 Å². The summed E-state index contributed by atoms with van der Waals surface area (Å²) in [7, 11) is 0. The lowest BCUT2D eigenvalue weighted by molar-refractivity contribution is 0.117. The van der Waals surface area contributed by atoms with Crippen molar-refractivity contribution >= 4 is 5.69 Å². The SMILES string of the molecule is CCc1cccc(OCC(O)CNc2ccccc2F)c1. The molecule has 0 aliphatic carbocycles. The monoisotopic (exact) mass is 289 g/mol. The van der Waals surface area contributed by atoms with Gasteiger partial charge in [-0.2, -0.15) is 0 Å². The maximum absolute atomic E-state index is 13.4. The Morgan fingerprint density at radius 2 is 2.00 bits per heavy atom. The minimum Gasteiger partial charge on any atom is -0.491 e. The van der Waals surface area contributed by atoms with Crippen LogP contribution < -0.4 is 10.1 Å². The van der Waals surface area contributed by atoms with E-state index in [2.05, 4.69) is 12.2 Å². The molecule has 0 aromatic heterocycles. The fourth-order valence-electron chi connectivity index (χ4n) is 1.94. The van der Waals surface area contributed by atoms with Gasteiger partial charge in [0.1, 0.15) is 24.3 Å². The maximum Gasteiger partial charge on any atom is 0.146 e. The Balaban J connectivity index is 1.79. The van der Waals surface area contributed by atoms with Crippen molar-refractivity contribution in [2.75, 3.05) is 18.5 Å². The lowest BCUT2D eigenvalue weighted by Crippen LogP contribution is -2.26. The Morgan fingerprint density at radius 3 is 2.76 bits per heavy atom. The molecular formula is C17H20FNO2. The van der Waals surface area contributed by atoms with Crippen LogP contribution in [0, 0.1) is 5.82 Å². The number of para-hydroxylation sites is 1. The van der Waals surface area contributed by atoms with E-state index in [-0.39, 0.29) is 19.0 Å². The normalized spacial score (nSPS) is 12.0. The molecule has 0 spiro atoms. The van der Waals surface area contributed by atoms with Gasteiger partial charge in [0.2, 0.25) is 0 Å². The van der Waals surface area contributed by atoms with Crippen LogP contribution in [0.25, 0.3) is 0 Å². The quantitative estimate of drug-likeness (QED) is 0.822. The van der Waals surface area contributed by atoms with Crippen LogP contribution in [-0.4, -0.2) is 24.4 Å². The number of hydrogen-bond donors (Lipinski definition) is 2. The Morgan fingerprint density at radius 1 is 1.19 bits per heavy atom. The van der Waals surface area contributed by atoms with E-state index in [0.29, 0.717) is 5.69 Å². The molecule has 1 atom stereocenters. The van der Waals surface area contributed by atoms with Crippen LogP contribution in [0.3, 0.4) is 0 Å². The third kappa shape index (κ3) is 4.76. The van der Waals surface area contributed by atoms with Gasteiger partial charge in [0.05, 0.1) is 5.69 Å². The second-order valence-electron chi connectivity index (χ2n) is 4.83. The van der Waals surface area contributed by atoms with E-state index in [1.165, 1.54) is 11.6 Å². The molecular weight excluding hydrogens is 269 g/mol. The summed E-state index contributed by atoms with van der Waals surface area (Å²) in [6.45, 7) is 2.47. The van der Waals surface area contributed by atoms with Crippen LogP contribution in [0.5, 0.6) is 5.75 Å². The fourth-order valence-corrected chi connectivity index (χ4v) is 1.94. The molecule has 0 aliphatic heterocycles. The number of rotatable bonds is 7. The summed E-state index contributed by atoms with van der Waals surface area (Å²) in [5.74, 6) is 0.403. The van der Waals surface area contributed by atoms with Crippen LogP contribution in [0.1, 0.15) is 12.5 Å². The van der Waals surface area contributed by atoms with Crippen LogP contribution in [0.15, 0.2) is 48.5 Å². The third-order valence-corrected chi connectivity index (χ3v) is 3.15. The minimum absolute atomic E-state index is 0.161. The van der Waals surface area contributed by atoms with Crippen molar-refractivity contribution in [2.45, 2.75) is 19.4 Å². The summed E-state index contributed by atoms with van der Waals surface area (Å²) in [6.07, 6.45) is 0.226. The number of hydrogen-bond acceptors (Lipinski definition) is 3. The first-order valence-corrected chi connectivity index (χ1v) is 7.07. The summed E-state index contributed by atoms with van der Waals surface area (Å²) in [4.78, 5) is 0. The standard InChI is InChI=1S/C17H20FNO2/c1-2-13-6-5-7-15(10-13)21-12-14(20)11-19-17-9-4-3-8-16(17)18/h3-10,14,19-20H,2,11-12H2,1H3. The average molecular weight is 289 g/mol. The molecule has 21 heavy (non-hydrogen) atoms. The van der Waals surface area contributed by atoms with E-state index >= 15 is 0 Å². The molecule has 2 aromatic rings. The van der Waals surface area contributed by atoms with Gasteiger partial charge in [-0.3, -0.25) is 0 Å². The van der Waals surface area contributed by atoms with Crippen molar-refractivity contribution in [1.29, 1.82) is 0 Å². The predicted octanol–water partition coefficient (Wildman–Crippen LogP) is 3.24. The van der Waals surface area contributed by atoms with Gasteiger partial charge in [-0.15, -0.1) is 0 Å². The molecule has 0 amide bonds. The lowest BCUT2D eigenvalue weighted by atomic mass is 10.2. The second kappa shape index (κ2) is 7.64. The largest absolute Gasteiger partial charge is 0.491 e. The summed E-state index contributed by atoms with van der Waals surface area (Å²) < 4.78 is 18.9. The number of halogens is 1. The smallest absolute Gasteiger partial charge is 0.146 e.